The Hall–Kier alpha value is -2.53. The molecule has 1 aliphatic rings. The maximum absolute atomic E-state index is 12.3. The Morgan fingerprint density at radius 1 is 1.04 bits per heavy atom. The van der Waals surface area contributed by atoms with Crippen LogP contribution in [0.1, 0.15) is 19.8 Å². The van der Waals surface area contributed by atoms with E-state index in [0.717, 1.165) is 37.4 Å². The summed E-state index contributed by atoms with van der Waals surface area (Å²) in [6, 6.07) is 16.8. The van der Waals surface area contributed by atoms with Crippen molar-refractivity contribution in [2.75, 3.05) is 25.5 Å². The van der Waals surface area contributed by atoms with Crippen LogP contribution in [-0.4, -0.2) is 43.2 Å². The Morgan fingerprint density at radius 2 is 1.69 bits per heavy atom. The zero-order valence-electron chi connectivity index (χ0n) is 15.4. The molecule has 0 radical (unpaired) electrons. The molecule has 1 fully saturated rings. The van der Waals surface area contributed by atoms with Gasteiger partial charge in [0, 0.05) is 18.8 Å². The molecule has 2 aromatic carbocycles. The van der Waals surface area contributed by atoms with Gasteiger partial charge >= 0.3 is 0 Å². The van der Waals surface area contributed by atoms with Crippen molar-refractivity contribution in [3.8, 4) is 11.5 Å². The van der Waals surface area contributed by atoms with E-state index in [9.17, 15) is 4.79 Å². The van der Waals surface area contributed by atoms with Crippen molar-refractivity contribution in [2.45, 2.75) is 32.0 Å². The first-order valence-corrected chi connectivity index (χ1v) is 9.08. The molecule has 2 aromatic rings. The number of nitrogens with zero attached hydrogens (tertiary/aromatic N) is 1. The number of benzene rings is 2. The Balaban J connectivity index is 1.49. The number of rotatable bonds is 6. The minimum Gasteiger partial charge on any atom is -0.490 e. The molecule has 1 heterocycles. The molecule has 1 atom stereocenters. The minimum absolute atomic E-state index is 0.183. The summed E-state index contributed by atoms with van der Waals surface area (Å²) < 4.78 is 11.7. The van der Waals surface area contributed by atoms with Gasteiger partial charge in [-0.2, -0.15) is 0 Å². The van der Waals surface area contributed by atoms with Gasteiger partial charge in [-0.15, -0.1) is 0 Å². The number of ether oxygens (including phenoxy) is 2. The van der Waals surface area contributed by atoms with Crippen LogP contribution >= 0.6 is 0 Å². The monoisotopic (exact) mass is 354 g/mol. The van der Waals surface area contributed by atoms with E-state index >= 15 is 0 Å². The highest BCUT2D eigenvalue weighted by Crippen LogP contribution is 2.21. The molecule has 3 rings (SSSR count). The first-order chi connectivity index (χ1) is 12.6. The number of carbonyl (C=O) groups is 1. The van der Waals surface area contributed by atoms with E-state index in [2.05, 4.69) is 17.3 Å². The van der Waals surface area contributed by atoms with Gasteiger partial charge in [0.25, 0.3) is 5.91 Å². The van der Waals surface area contributed by atoms with Gasteiger partial charge in [-0.25, -0.2) is 0 Å². The van der Waals surface area contributed by atoms with Gasteiger partial charge in [0.2, 0.25) is 0 Å². The number of carbonyl (C=O) groups excluding carboxylic acids is 1. The molecule has 138 valence electrons. The topological polar surface area (TPSA) is 50.8 Å². The molecule has 1 N–H and O–H groups in total. The van der Waals surface area contributed by atoms with Gasteiger partial charge in [0.05, 0.1) is 0 Å². The minimum atomic E-state index is -0.576. The largest absolute Gasteiger partial charge is 0.490 e. The van der Waals surface area contributed by atoms with Crippen molar-refractivity contribution < 1.29 is 14.3 Å². The van der Waals surface area contributed by atoms with Crippen LogP contribution < -0.4 is 14.8 Å². The number of hydrogen-bond acceptors (Lipinski definition) is 4. The molecule has 0 spiro atoms. The molecule has 1 saturated heterocycles. The quantitative estimate of drug-likeness (QED) is 0.862. The van der Waals surface area contributed by atoms with Crippen LogP contribution in [0.4, 0.5) is 5.69 Å². The van der Waals surface area contributed by atoms with Gasteiger partial charge in [-0.3, -0.25) is 4.79 Å². The molecule has 1 aliphatic heterocycles. The summed E-state index contributed by atoms with van der Waals surface area (Å²) in [5.74, 6) is 1.33. The second-order valence-corrected chi connectivity index (χ2v) is 6.71. The van der Waals surface area contributed by atoms with Crippen LogP contribution in [-0.2, 0) is 4.79 Å². The third-order valence-corrected chi connectivity index (χ3v) is 4.52. The molecule has 0 bridgehead atoms. The molecule has 0 aliphatic carbocycles. The Labute approximate surface area is 154 Å². The fourth-order valence-electron chi connectivity index (χ4n) is 2.91. The number of anilines is 1. The van der Waals surface area contributed by atoms with E-state index in [1.807, 2.05) is 54.6 Å². The number of para-hydroxylation sites is 1. The molecule has 0 saturated carbocycles. The third kappa shape index (κ3) is 5.23. The zero-order chi connectivity index (χ0) is 18.4. The summed E-state index contributed by atoms with van der Waals surface area (Å²) in [4.78, 5) is 14.6. The van der Waals surface area contributed by atoms with E-state index in [0.29, 0.717) is 5.75 Å². The highest BCUT2D eigenvalue weighted by Gasteiger charge is 2.18. The van der Waals surface area contributed by atoms with Crippen LogP contribution in [0.15, 0.2) is 54.6 Å². The van der Waals surface area contributed by atoms with Gasteiger partial charge in [0.1, 0.15) is 17.6 Å². The molecule has 5 nitrogen and oxygen atoms in total. The molecule has 0 aromatic heterocycles. The summed E-state index contributed by atoms with van der Waals surface area (Å²) in [5.41, 5.74) is 0.731. The Kier molecular flexibility index (Phi) is 6.12. The van der Waals surface area contributed by atoms with Crippen molar-refractivity contribution in [1.29, 1.82) is 0 Å². The lowest BCUT2D eigenvalue weighted by atomic mass is 10.1. The molecule has 5 heteroatoms. The van der Waals surface area contributed by atoms with Gasteiger partial charge < -0.3 is 19.7 Å². The highest BCUT2D eigenvalue weighted by molar-refractivity contribution is 5.94. The molecular weight excluding hydrogens is 328 g/mol. The third-order valence-electron chi connectivity index (χ3n) is 4.52. The number of hydrogen-bond donors (Lipinski definition) is 1. The number of amides is 1. The predicted molar refractivity (Wildman–Crippen MR) is 103 cm³/mol. The second kappa shape index (κ2) is 8.72. The Morgan fingerprint density at radius 3 is 2.35 bits per heavy atom. The van der Waals surface area contributed by atoms with Gasteiger partial charge in [-0.05, 0) is 63.2 Å². The van der Waals surface area contributed by atoms with E-state index < -0.39 is 6.10 Å². The lowest BCUT2D eigenvalue weighted by Crippen LogP contribution is -2.35. The summed E-state index contributed by atoms with van der Waals surface area (Å²) in [6.45, 7) is 3.87. The molecule has 0 unspecified atom stereocenters. The highest BCUT2D eigenvalue weighted by atomic mass is 16.5. The number of likely N-dealkylation sites (tertiary alicyclic amines) is 1. The molecular formula is C21H26N2O3. The first kappa shape index (κ1) is 18.3. The zero-order valence-corrected chi connectivity index (χ0v) is 15.4. The predicted octanol–water partition coefficient (Wildman–Crippen LogP) is 3.57. The lowest BCUT2D eigenvalue weighted by Gasteiger charge is -2.29. The van der Waals surface area contributed by atoms with Crippen molar-refractivity contribution >= 4 is 11.6 Å². The second-order valence-electron chi connectivity index (χ2n) is 6.71. The lowest BCUT2D eigenvalue weighted by molar-refractivity contribution is -0.122. The normalized spacial score (nSPS) is 16.7. The summed E-state index contributed by atoms with van der Waals surface area (Å²) in [6.07, 6.45) is 1.78. The standard InChI is InChI=1S/C21H26N2O3/c1-16(25-18-6-4-3-5-7-18)21(24)22-17-8-10-19(11-9-17)26-20-12-14-23(2)15-13-20/h3-11,16,20H,12-15H2,1-2H3,(H,22,24)/t16-/m0/s1. The van der Waals surface area contributed by atoms with E-state index in [4.69, 9.17) is 9.47 Å². The van der Waals surface area contributed by atoms with Gasteiger partial charge in [-0.1, -0.05) is 18.2 Å². The maximum Gasteiger partial charge on any atom is 0.265 e. The smallest absolute Gasteiger partial charge is 0.265 e. The Bertz CT molecular complexity index is 695. The van der Waals surface area contributed by atoms with Crippen molar-refractivity contribution in [3.63, 3.8) is 0 Å². The summed E-state index contributed by atoms with van der Waals surface area (Å²) in [7, 11) is 2.14. The van der Waals surface area contributed by atoms with E-state index in [-0.39, 0.29) is 12.0 Å². The first-order valence-electron chi connectivity index (χ1n) is 9.08. The fraction of sp³-hybridized carbons (Fsp3) is 0.381. The van der Waals surface area contributed by atoms with Crippen LogP contribution in [0, 0.1) is 0 Å². The summed E-state index contributed by atoms with van der Waals surface area (Å²) in [5, 5.41) is 2.87. The van der Waals surface area contributed by atoms with Crippen molar-refractivity contribution in [1.82, 2.24) is 4.90 Å². The van der Waals surface area contributed by atoms with Crippen LogP contribution in [0.5, 0.6) is 11.5 Å². The van der Waals surface area contributed by atoms with Gasteiger partial charge in [0.15, 0.2) is 6.10 Å². The van der Waals surface area contributed by atoms with Crippen LogP contribution in [0.3, 0.4) is 0 Å². The fourth-order valence-corrected chi connectivity index (χ4v) is 2.91. The van der Waals surface area contributed by atoms with Crippen molar-refractivity contribution in [3.05, 3.63) is 54.6 Å². The van der Waals surface area contributed by atoms with Crippen LogP contribution in [0.2, 0.25) is 0 Å². The molecule has 26 heavy (non-hydrogen) atoms. The van der Waals surface area contributed by atoms with Crippen molar-refractivity contribution in [2.24, 2.45) is 0 Å². The van der Waals surface area contributed by atoms with Crippen LogP contribution in [0.25, 0.3) is 0 Å². The maximum atomic E-state index is 12.3. The number of piperidine rings is 1. The number of nitrogens with one attached hydrogen (secondary N) is 1. The average Bonchev–Trinajstić information content (AvgIpc) is 2.66. The molecule has 1 amide bonds. The van der Waals surface area contributed by atoms with E-state index in [1.165, 1.54) is 0 Å². The van der Waals surface area contributed by atoms with E-state index in [1.54, 1.807) is 6.92 Å². The average molecular weight is 354 g/mol. The SMILES string of the molecule is C[C@H](Oc1ccccc1)C(=O)Nc1ccc(OC2CCN(C)CC2)cc1. The summed E-state index contributed by atoms with van der Waals surface area (Å²) >= 11 is 0.